The van der Waals surface area contributed by atoms with E-state index in [1.807, 2.05) is 6.92 Å². The van der Waals surface area contributed by atoms with Crippen LogP contribution in [0.1, 0.15) is 19.0 Å². The minimum atomic E-state index is -0.155. The van der Waals surface area contributed by atoms with Crippen molar-refractivity contribution in [3.05, 3.63) is 28.4 Å². The van der Waals surface area contributed by atoms with Gasteiger partial charge in [0.2, 0.25) is 0 Å². The van der Waals surface area contributed by atoms with Gasteiger partial charge in [0.25, 0.3) is 11.3 Å². The fourth-order valence-electron chi connectivity index (χ4n) is 1.44. The van der Waals surface area contributed by atoms with Gasteiger partial charge < -0.3 is 5.11 Å². The van der Waals surface area contributed by atoms with E-state index < -0.39 is 0 Å². The first-order chi connectivity index (χ1) is 8.20. The maximum atomic E-state index is 11.6. The maximum absolute atomic E-state index is 11.6. The van der Waals surface area contributed by atoms with Crippen molar-refractivity contribution in [2.24, 2.45) is 0 Å². The second-order valence-electron chi connectivity index (χ2n) is 3.74. The molecule has 0 saturated carbocycles. The van der Waals surface area contributed by atoms with Crippen LogP contribution in [0.25, 0.3) is 5.78 Å². The Hall–Kier alpha value is -1.34. The average molecular weight is 254 g/mol. The molecule has 0 aliphatic rings. The first kappa shape index (κ1) is 12.1. The monoisotopic (exact) mass is 254 g/mol. The minimum absolute atomic E-state index is 0.155. The van der Waals surface area contributed by atoms with Crippen molar-refractivity contribution in [3.8, 4) is 0 Å². The molecular formula is C10H14N4O2S. The van der Waals surface area contributed by atoms with Gasteiger partial charge in [-0.3, -0.25) is 9.89 Å². The van der Waals surface area contributed by atoms with Crippen LogP contribution in [0.5, 0.6) is 0 Å². The predicted octanol–water partition coefficient (Wildman–Crippen LogP) is 0.422. The van der Waals surface area contributed by atoms with Crippen LogP contribution in [0.3, 0.4) is 0 Å². The summed E-state index contributed by atoms with van der Waals surface area (Å²) < 4.78 is 1.30. The molecule has 1 unspecified atom stereocenters. The Kier molecular flexibility index (Phi) is 3.80. The van der Waals surface area contributed by atoms with Crippen LogP contribution < -0.4 is 5.56 Å². The van der Waals surface area contributed by atoms with E-state index in [1.165, 1.54) is 16.9 Å². The number of aromatic nitrogens is 4. The topological polar surface area (TPSA) is 83.3 Å². The molecule has 0 aliphatic carbocycles. The van der Waals surface area contributed by atoms with Crippen molar-refractivity contribution >= 4 is 17.5 Å². The third-order valence-electron chi connectivity index (χ3n) is 2.37. The number of hydrogen-bond acceptors (Lipinski definition) is 5. The summed E-state index contributed by atoms with van der Waals surface area (Å²) in [4.78, 5) is 19.8. The van der Waals surface area contributed by atoms with Gasteiger partial charge in [-0.2, -0.15) is 16.3 Å². The van der Waals surface area contributed by atoms with Gasteiger partial charge in [-0.25, -0.2) is 9.97 Å². The highest BCUT2D eigenvalue weighted by atomic mass is 32.2. The molecule has 0 saturated heterocycles. The van der Waals surface area contributed by atoms with Crippen LogP contribution in [0.4, 0.5) is 0 Å². The van der Waals surface area contributed by atoms with E-state index in [9.17, 15) is 4.79 Å². The summed E-state index contributed by atoms with van der Waals surface area (Å²) in [5, 5.41) is 11.8. The van der Waals surface area contributed by atoms with Gasteiger partial charge >= 0.3 is 0 Å². The van der Waals surface area contributed by atoms with E-state index in [4.69, 9.17) is 5.11 Å². The largest absolute Gasteiger partial charge is 0.396 e. The average Bonchev–Trinajstić information content (AvgIpc) is 2.75. The smallest absolute Gasteiger partial charge is 0.274 e. The van der Waals surface area contributed by atoms with Gasteiger partial charge in [0.05, 0.1) is 5.69 Å². The molecule has 0 aliphatic heterocycles. The molecule has 1 atom stereocenters. The van der Waals surface area contributed by atoms with Crippen molar-refractivity contribution in [1.29, 1.82) is 0 Å². The Balaban J connectivity index is 2.11. The zero-order valence-electron chi connectivity index (χ0n) is 9.46. The lowest BCUT2D eigenvalue weighted by atomic mass is 10.3. The molecule has 0 spiro atoms. The number of aliphatic hydroxyl groups is 1. The van der Waals surface area contributed by atoms with Crippen LogP contribution in [-0.4, -0.2) is 36.5 Å². The van der Waals surface area contributed by atoms with Crippen LogP contribution in [-0.2, 0) is 5.75 Å². The molecule has 2 heterocycles. The van der Waals surface area contributed by atoms with Crippen molar-refractivity contribution in [2.45, 2.75) is 24.3 Å². The van der Waals surface area contributed by atoms with E-state index in [1.54, 1.807) is 11.8 Å². The summed E-state index contributed by atoms with van der Waals surface area (Å²) in [6, 6.07) is 1.50. The van der Waals surface area contributed by atoms with Crippen molar-refractivity contribution in [3.63, 3.8) is 0 Å². The van der Waals surface area contributed by atoms with E-state index in [-0.39, 0.29) is 12.2 Å². The predicted molar refractivity (Wildman–Crippen MR) is 66.1 cm³/mol. The van der Waals surface area contributed by atoms with Gasteiger partial charge in [0.1, 0.15) is 6.33 Å². The molecule has 7 heteroatoms. The lowest BCUT2D eigenvalue weighted by Gasteiger charge is -2.08. The van der Waals surface area contributed by atoms with E-state index in [0.717, 1.165) is 12.1 Å². The standard InChI is InChI=1S/C10H14N4O2S/c1-7(2-3-15)17-5-8-4-9(16)14-10(13-8)11-6-12-14/h4,6-7,15H,2-3,5H2,1H3,(H,11,12,13). The van der Waals surface area contributed by atoms with Crippen molar-refractivity contribution in [1.82, 2.24) is 19.6 Å². The molecule has 0 amide bonds. The second-order valence-corrected chi connectivity index (χ2v) is 5.17. The van der Waals surface area contributed by atoms with Gasteiger partial charge in [-0.05, 0) is 6.42 Å². The SMILES string of the molecule is CC(CCO)SCc1cc(=O)n2[nH]cnc2n1. The zero-order valence-corrected chi connectivity index (χ0v) is 10.3. The van der Waals surface area contributed by atoms with Crippen LogP contribution >= 0.6 is 11.8 Å². The molecule has 0 bridgehead atoms. The molecule has 0 aromatic carbocycles. The third-order valence-corrected chi connectivity index (χ3v) is 3.64. The number of nitrogens with zero attached hydrogens (tertiary/aromatic N) is 3. The van der Waals surface area contributed by atoms with Crippen molar-refractivity contribution < 1.29 is 5.11 Å². The number of aliphatic hydroxyl groups excluding tert-OH is 1. The molecule has 6 nitrogen and oxygen atoms in total. The van der Waals surface area contributed by atoms with E-state index in [2.05, 4.69) is 15.1 Å². The molecule has 92 valence electrons. The molecule has 0 fully saturated rings. The summed E-state index contributed by atoms with van der Waals surface area (Å²) in [5.41, 5.74) is 0.565. The number of aromatic amines is 1. The molecule has 17 heavy (non-hydrogen) atoms. The lowest BCUT2D eigenvalue weighted by molar-refractivity contribution is 0.289. The minimum Gasteiger partial charge on any atom is -0.396 e. The second kappa shape index (κ2) is 5.33. The van der Waals surface area contributed by atoms with Crippen molar-refractivity contribution in [2.75, 3.05) is 6.61 Å². The number of nitrogens with one attached hydrogen (secondary N) is 1. The number of rotatable bonds is 5. The summed E-state index contributed by atoms with van der Waals surface area (Å²) in [5.74, 6) is 1.04. The quantitative estimate of drug-likeness (QED) is 0.808. The fraction of sp³-hybridized carbons (Fsp3) is 0.500. The molecular weight excluding hydrogens is 240 g/mol. The highest BCUT2D eigenvalue weighted by molar-refractivity contribution is 7.99. The maximum Gasteiger partial charge on any atom is 0.274 e. The number of fused-ring (bicyclic) bond motifs is 1. The van der Waals surface area contributed by atoms with Gasteiger partial charge in [-0.15, -0.1) is 0 Å². The Labute approximate surface area is 102 Å². The number of H-pyrrole nitrogens is 1. The molecule has 2 aromatic rings. The number of thioether (sulfide) groups is 1. The van der Waals surface area contributed by atoms with Crippen LogP contribution in [0.15, 0.2) is 17.2 Å². The van der Waals surface area contributed by atoms with Gasteiger partial charge in [-0.1, -0.05) is 6.92 Å². The Bertz CT molecular complexity index is 550. The fourth-order valence-corrected chi connectivity index (χ4v) is 2.31. The summed E-state index contributed by atoms with van der Waals surface area (Å²) >= 11 is 1.67. The molecule has 2 aromatic heterocycles. The molecule has 2 N–H and O–H groups in total. The highest BCUT2D eigenvalue weighted by Crippen LogP contribution is 2.17. The van der Waals surface area contributed by atoms with E-state index in [0.29, 0.717) is 16.8 Å². The van der Waals surface area contributed by atoms with Crippen LogP contribution in [0.2, 0.25) is 0 Å². The summed E-state index contributed by atoms with van der Waals surface area (Å²) in [7, 11) is 0. The van der Waals surface area contributed by atoms with Crippen LogP contribution in [0, 0.1) is 0 Å². The third kappa shape index (κ3) is 2.86. The van der Waals surface area contributed by atoms with E-state index >= 15 is 0 Å². The summed E-state index contributed by atoms with van der Waals surface area (Å²) in [6.07, 6.45) is 2.18. The first-order valence-electron chi connectivity index (χ1n) is 5.35. The normalized spacial score (nSPS) is 13.1. The molecule has 0 radical (unpaired) electrons. The number of hydrogen-bond donors (Lipinski definition) is 2. The highest BCUT2D eigenvalue weighted by Gasteiger charge is 2.07. The molecule has 2 rings (SSSR count). The zero-order chi connectivity index (χ0) is 12.3. The Morgan fingerprint density at radius 3 is 3.24 bits per heavy atom. The Morgan fingerprint density at radius 1 is 1.65 bits per heavy atom. The van der Waals surface area contributed by atoms with Gasteiger partial charge in [0.15, 0.2) is 0 Å². The summed E-state index contributed by atoms with van der Waals surface area (Å²) in [6.45, 7) is 2.23. The van der Waals surface area contributed by atoms with Gasteiger partial charge in [0, 0.05) is 23.7 Å². The lowest BCUT2D eigenvalue weighted by Crippen LogP contribution is -2.15. The first-order valence-corrected chi connectivity index (χ1v) is 6.40. The Morgan fingerprint density at radius 2 is 2.47 bits per heavy atom.